The molecule has 0 amide bonds. The first kappa shape index (κ1) is 24.2. The molecule has 0 saturated heterocycles. The molecule has 0 bridgehead atoms. The summed E-state index contributed by atoms with van der Waals surface area (Å²) in [6, 6.07) is 14.6. The summed E-state index contributed by atoms with van der Waals surface area (Å²) in [4.78, 5) is 0. The Kier molecular flexibility index (Phi) is 5.93. The Hall–Kier alpha value is -1.93. The number of hydrogen-bond acceptors (Lipinski definition) is 0. The van der Waals surface area contributed by atoms with Crippen molar-refractivity contribution >= 4 is 24.0 Å². The zero-order chi connectivity index (χ0) is 24.3. The van der Waals surface area contributed by atoms with Gasteiger partial charge in [-0.3, -0.25) is 0 Å². The van der Waals surface area contributed by atoms with Crippen LogP contribution in [0.25, 0.3) is 22.0 Å². The van der Waals surface area contributed by atoms with Crippen molar-refractivity contribution in [2.45, 2.75) is 97.2 Å². The van der Waals surface area contributed by atoms with Crippen LogP contribution in [-0.4, -0.2) is 8.07 Å². The quantitative estimate of drug-likeness (QED) is 0.279. The maximum absolute atomic E-state index is 2.58. The highest BCUT2D eigenvalue weighted by molar-refractivity contribution is 6.91. The van der Waals surface area contributed by atoms with Crippen LogP contribution in [-0.2, 0) is 17.9 Å². The minimum absolute atomic E-state index is 0.106. The van der Waals surface area contributed by atoms with E-state index in [4.69, 9.17) is 0 Å². The summed E-state index contributed by atoms with van der Waals surface area (Å²) in [5, 5.41) is 4.38. The van der Waals surface area contributed by atoms with Gasteiger partial charge in [0.05, 0.1) is 19.0 Å². The topological polar surface area (TPSA) is 3.88 Å². The molecule has 1 aliphatic rings. The van der Waals surface area contributed by atoms with Crippen LogP contribution in [0.2, 0.25) is 18.6 Å². The van der Waals surface area contributed by atoms with Gasteiger partial charge < -0.3 is 0 Å². The molecule has 1 saturated carbocycles. The Labute approximate surface area is 203 Å². The van der Waals surface area contributed by atoms with Gasteiger partial charge in [-0.25, -0.2) is 4.57 Å². The monoisotopic (exact) mass is 458 g/mol. The standard InChI is InChI=1S/C31H44NSi/c1-21-27(19-23(30(2,3)4)20-28(21)31(5,6)7)29-26-15-14-25(18-22(26)16-17-32(29)8)33(9,10)24-12-11-13-24/h14-20,24H,11-13H2,1-10H3/q+1. The highest BCUT2D eigenvalue weighted by atomic mass is 28.3. The summed E-state index contributed by atoms with van der Waals surface area (Å²) in [7, 11) is 0.795. The number of hydrogen-bond donors (Lipinski definition) is 0. The molecular formula is C31H44NSi+. The van der Waals surface area contributed by atoms with Crippen LogP contribution in [0, 0.1) is 6.92 Å². The predicted molar refractivity (Wildman–Crippen MR) is 147 cm³/mol. The first-order valence-corrected chi connectivity index (χ1v) is 15.9. The van der Waals surface area contributed by atoms with Crippen LogP contribution >= 0.6 is 0 Å². The fourth-order valence-electron chi connectivity index (χ4n) is 5.65. The molecule has 0 spiro atoms. The number of nitrogens with zero attached hydrogens (tertiary/aromatic N) is 1. The van der Waals surface area contributed by atoms with Crippen LogP contribution in [0.1, 0.15) is 77.5 Å². The van der Waals surface area contributed by atoms with Crippen LogP contribution in [0.15, 0.2) is 42.6 Å². The SMILES string of the molecule is Cc1c(-c2c3ccc([Si](C)(C)C4CCC4)cc3cc[n+]2C)cc(C(C)(C)C)cc1C(C)(C)C. The van der Waals surface area contributed by atoms with E-state index in [2.05, 4.69) is 116 Å². The Morgan fingerprint density at radius 2 is 1.55 bits per heavy atom. The highest BCUT2D eigenvalue weighted by Crippen LogP contribution is 2.42. The number of benzene rings is 2. The van der Waals surface area contributed by atoms with Gasteiger partial charge in [0, 0.05) is 6.07 Å². The zero-order valence-electron chi connectivity index (χ0n) is 22.7. The Morgan fingerprint density at radius 1 is 0.879 bits per heavy atom. The number of aryl methyl sites for hydroxylation is 1. The normalized spacial score (nSPS) is 15.7. The Bertz CT molecular complexity index is 1200. The van der Waals surface area contributed by atoms with Crippen LogP contribution in [0.4, 0.5) is 0 Å². The number of aromatic nitrogens is 1. The van der Waals surface area contributed by atoms with E-state index in [-0.39, 0.29) is 10.8 Å². The van der Waals surface area contributed by atoms with Crippen molar-refractivity contribution in [2.24, 2.45) is 7.05 Å². The van der Waals surface area contributed by atoms with Gasteiger partial charge in [-0.2, -0.15) is 0 Å². The molecule has 33 heavy (non-hydrogen) atoms. The maximum Gasteiger partial charge on any atom is 0.220 e. The van der Waals surface area contributed by atoms with Gasteiger partial charge in [0.15, 0.2) is 6.20 Å². The molecular weight excluding hydrogens is 414 g/mol. The first-order chi connectivity index (χ1) is 15.2. The largest absolute Gasteiger partial charge is 0.220 e. The summed E-state index contributed by atoms with van der Waals surface area (Å²) in [5.74, 6) is 0. The number of fused-ring (bicyclic) bond motifs is 1. The summed E-state index contributed by atoms with van der Waals surface area (Å²) < 4.78 is 2.33. The molecule has 0 unspecified atom stereocenters. The summed E-state index contributed by atoms with van der Waals surface area (Å²) in [6.45, 7) is 21.5. The molecule has 1 aliphatic carbocycles. The van der Waals surface area contributed by atoms with Crippen molar-refractivity contribution in [1.29, 1.82) is 0 Å². The first-order valence-electron chi connectivity index (χ1n) is 12.8. The van der Waals surface area contributed by atoms with Gasteiger partial charge in [0.2, 0.25) is 5.69 Å². The Balaban J connectivity index is 1.97. The smallest absolute Gasteiger partial charge is 0.200 e. The van der Waals surface area contributed by atoms with E-state index in [1.807, 2.05) is 0 Å². The lowest BCUT2D eigenvalue weighted by molar-refractivity contribution is -0.659. The zero-order valence-corrected chi connectivity index (χ0v) is 23.7. The van der Waals surface area contributed by atoms with Gasteiger partial charge in [0.25, 0.3) is 0 Å². The number of pyridine rings is 1. The molecule has 2 heteroatoms. The molecule has 4 rings (SSSR count). The van der Waals surface area contributed by atoms with E-state index >= 15 is 0 Å². The third-order valence-corrected chi connectivity index (χ3v) is 12.8. The highest BCUT2D eigenvalue weighted by Gasteiger charge is 2.37. The molecule has 0 aliphatic heterocycles. The van der Waals surface area contributed by atoms with Crippen molar-refractivity contribution in [3.8, 4) is 11.3 Å². The lowest BCUT2D eigenvalue weighted by Gasteiger charge is -2.39. The average Bonchev–Trinajstić information content (AvgIpc) is 2.64. The molecule has 1 aromatic heterocycles. The second kappa shape index (κ2) is 8.08. The molecule has 3 aromatic rings. The van der Waals surface area contributed by atoms with Gasteiger partial charge in [-0.15, -0.1) is 0 Å². The molecule has 2 aromatic carbocycles. The molecule has 1 heterocycles. The molecule has 0 atom stereocenters. The van der Waals surface area contributed by atoms with Gasteiger partial charge in [-0.1, -0.05) is 97.3 Å². The minimum atomic E-state index is -1.41. The lowest BCUT2D eigenvalue weighted by atomic mass is 9.76. The van der Waals surface area contributed by atoms with Gasteiger partial charge >= 0.3 is 0 Å². The Morgan fingerprint density at radius 3 is 2.09 bits per heavy atom. The van der Waals surface area contributed by atoms with Crippen molar-refractivity contribution in [3.63, 3.8) is 0 Å². The van der Waals surface area contributed by atoms with E-state index in [0.29, 0.717) is 0 Å². The third kappa shape index (κ3) is 4.32. The van der Waals surface area contributed by atoms with Crippen molar-refractivity contribution in [2.75, 3.05) is 0 Å². The summed E-state index contributed by atoms with van der Waals surface area (Å²) in [5.41, 5.74) is 8.17. The second-order valence-electron chi connectivity index (χ2n) is 13.1. The van der Waals surface area contributed by atoms with E-state index in [1.165, 1.54) is 58.0 Å². The molecule has 1 fully saturated rings. The lowest BCUT2D eigenvalue weighted by Crippen LogP contribution is -2.48. The second-order valence-corrected chi connectivity index (χ2v) is 18.0. The van der Waals surface area contributed by atoms with E-state index in [0.717, 1.165) is 5.54 Å². The molecule has 0 N–H and O–H groups in total. The van der Waals surface area contributed by atoms with Gasteiger partial charge in [0.1, 0.15) is 7.05 Å². The molecule has 176 valence electrons. The fraction of sp³-hybridized carbons (Fsp3) is 0.516. The average molecular weight is 459 g/mol. The predicted octanol–water partition coefficient (Wildman–Crippen LogP) is 7.70. The third-order valence-electron chi connectivity index (χ3n) is 8.34. The van der Waals surface area contributed by atoms with Crippen LogP contribution in [0.5, 0.6) is 0 Å². The summed E-state index contributed by atoms with van der Waals surface area (Å²) in [6.07, 6.45) is 6.55. The van der Waals surface area contributed by atoms with Crippen LogP contribution < -0.4 is 9.75 Å². The van der Waals surface area contributed by atoms with Crippen molar-refractivity contribution in [1.82, 2.24) is 0 Å². The number of rotatable bonds is 3. The van der Waals surface area contributed by atoms with Crippen molar-refractivity contribution < 1.29 is 4.57 Å². The summed E-state index contributed by atoms with van der Waals surface area (Å²) >= 11 is 0. The van der Waals surface area contributed by atoms with E-state index < -0.39 is 8.07 Å². The van der Waals surface area contributed by atoms with Crippen LogP contribution in [0.3, 0.4) is 0 Å². The van der Waals surface area contributed by atoms with E-state index in [9.17, 15) is 0 Å². The minimum Gasteiger partial charge on any atom is -0.200 e. The van der Waals surface area contributed by atoms with Gasteiger partial charge in [-0.05, 0) is 57.5 Å². The van der Waals surface area contributed by atoms with Crippen molar-refractivity contribution in [3.05, 3.63) is 59.3 Å². The fourth-order valence-corrected chi connectivity index (χ4v) is 9.01. The van der Waals surface area contributed by atoms with E-state index in [1.54, 1.807) is 5.19 Å². The molecule has 1 nitrogen and oxygen atoms in total. The molecule has 0 radical (unpaired) electrons. The maximum atomic E-state index is 2.58.